The van der Waals surface area contributed by atoms with Crippen molar-refractivity contribution < 1.29 is 23.6 Å². The van der Waals surface area contributed by atoms with Gasteiger partial charge in [-0.05, 0) is 25.9 Å². The molecule has 0 aliphatic rings. The Morgan fingerprint density at radius 1 is 1.33 bits per heavy atom. The highest BCUT2D eigenvalue weighted by molar-refractivity contribution is 7.52. The second-order valence-electron chi connectivity index (χ2n) is 4.85. The van der Waals surface area contributed by atoms with Crippen molar-refractivity contribution in [2.24, 2.45) is 0 Å². The van der Waals surface area contributed by atoms with Gasteiger partial charge in [0.2, 0.25) is 0 Å². The van der Waals surface area contributed by atoms with Crippen molar-refractivity contribution in [3.63, 3.8) is 0 Å². The largest absolute Gasteiger partial charge is 0.418 e. The van der Waals surface area contributed by atoms with Crippen LogP contribution in [0.4, 0.5) is 0 Å². The van der Waals surface area contributed by atoms with E-state index in [-0.39, 0.29) is 18.3 Å². The maximum Gasteiger partial charge on any atom is 0.332 e. The zero-order valence-corrected chi connectivity index (χ0v) is 13.5. The highest BCUT2D eigenvalue weighted by Crippen LogP contribution is 2.34. The van der Waals surface area contributed by atoms with Crippen molar-refractivity contribution >= 4 is 22.4 Å². The van der Waals surface area contributed by atoms with Gasteiger partial charge >= 0.3 is 7.60 Å². The Labute approximate surface area is 111 Å². The molecule has 0 saturated heterocycles. The average Bonchev–Trinajstić information content (AvgIpc) is 2.19. The first-order chi connectivity index (χ1) is 8.24. The van der Waals surface area contributed by atoms with Gasteiger partial charge in [0.15, 0.2) is 9.04 Å². The Bertz CT molecular complexity index is 289. The summed E-state index contributed by atoms with van der Waals surface area (Å²) in [5.41, 5.74) is 0. The van der Waals surface area contributed by atoms with E-state index in [0.29, 0.717) is 6.42 Å². The molecule has 1 unspecified atom stereocenters. The summed E-state index contributed by atoms with van der Waals surface area (Å²) >= 11 is 0. The summed E-state index contributed by atoms with van der Waals surface area (Å²) in [6.45, 7) is 6.26. The Hall–Kier alpha value is -0.00312. The van der Waals surface area contributed by atoms with Crippen LogP contribution in [0.5, 0.6) is 0 Å². The zero-order chi connectivity index (χ0) is 14.2. The lowest BCUT2D eigenvalue weighted by Crippen LogP contribution is -2.22. The molecule has 0 aliphatic heterocycles. The molecule has 1 atom stereocenters. The Balaban J connectivity index is 4.08. The van der Waals surface area contributed by atoms with E-state index in [2.05, 4.69) is 20.0 Å². The van der Waals surface area contributed by atoms with Crippen LogP contribution in [-0.4, -0.2) is 36.9 Å². The van der Waals surface area contributed by atoms with Gasteiger partial charge in [-0.25, -0.2) is 0 Å². The quantitative estimate of drug-likeness (QED) is 0.476. The lowest BCUT2D eigenvalue weighted by molar-refractivity contribution is -0.117. The van der Waals surface area contributed by atoms with Crippen molar-refractivity contribution in [2.45, 2.75) is 58.2 Å². The summed E-state index contributed by atoms with van der Waals surface area (Å²) in [5, 5.41) is 0. The number of hydrogen-bond donors (Lipinski definition) is 2. The van der Waals surface area contributed by atoms with Crippen LogP contribution in [0.2, 0.25) is 13.1 Å². The molecule has 0 rings (SSSR count). The minimum atomic E-state index is -4.21. The number of carbonyl (C=O) groups is 1. The summed E-state index contributed by atoms with van der Waals surface area (Å²) in [6.07, 6.45) is 3.24. The molecule has 0 amide bonds. The number of unbranched alkanes of at least 4 members (excludes halogenated alkanes) is 1. The van der Waals surface area contributed by atoms with Gasteiger partial charge in [-0.3, -0.25) is 9.36 Å². The van der Waals surface area contributed by atoms with E-state index in [1.54, 1.807) is 0 Å². The van der Waals surface area contributed by atoms with Gasteiger partial charge in [0.1, 0.15) is 11.9 Å². The lowest BCUT2D eigenvalue weighted by atomic mass is 10.1. The lowest BCUT2D eigenvalue weighted by Gasteiger charge is -2.20. The highest BCUT2D eigenvalue weighted by Gasteiger charge is 2.20. The van der Waals surface area contributed by atoms with Gasteiger partial charge < -0.3 is 14.2 Å². The van der Waals surface area contributed by atoms with Gasteiger partial charge in [-0.1, -0.05) is 19.8 Å². The molecule has 0 aliphatic carbocycles. The van der Waals surface area contributed by atoms with Crippen molar-refractivity contribution in [2.75, 3.05) is 6.16 Å². The normalized spacial score (nSPS) is 13.9. The van der Waals surface area contributed by atoms with Crippen LogP contribution >= 0.6 is 7.60 Å². The fourth-order valence-electron chi connectivity index (χ4n) is 1.73. The highest BCUT2D eigenvalue weighted by atomic mass is 31.2. The zero-order valence-electron chi connectivity index (χ0n) is 11.5. The Morgan fingerprint density at radius 2 is 1.94 bits per heavy atom. The molecular weight excluding hydrogens is 271 g/mol. The summed E-state index contributed by atoms with van der Waals surface area (Å²) in [4.78, 5) is 28.8. The Morgan fingerprint density at radius 3 is 2.39 bits per heavy atom. The smallest absolute Gasteiger partial charge is 0.332 e. The monoisotopic (exact) mass is 296 g/mol. The standard InChI is InChI=1S/C11H25O5PSi/c1-4-5-6-11(16-18(2)3)8-7-10(12)9-17(13,14)15/h11,18H,4-9H2,1-3H3,(H2,13,14,15). The minimum Gasteiger partial charge on any atom is -0.418 e. The van der Waals surface area contributed by atoms with Crippen LogP contribution in [-0.2, 0) is 13.8 Å². The van der Waals surface area contributed by atoms with Gasteiger partial charge in [0.25, 0.3) is 0 Å². The van der Waals surface area contributed by atoms with Crippen molar-refractivity contribution in [1.29, 1.82) is 0 Å². The molecule has 0 aromatic carbocycles. The fourth-order valence-corrected chi connectivity index (χ4v) is 3.39. The van der Waals surface area contributed by atoms with Crippen LogP contribution in [0.15, 0.2) is 0 Å². The summed E-state index contributed by atoms with van der Waals surface area (Å²) < 4.78 is 16.5. The van der Waals surface area contributed by atoms with E-state index in [1.165, 1.54) is 0 Å². The molecule has 0 bridgehead atoms. The predicted octanol–water partition coefficient (Wildman–Crippen LogP) is 2.07. The molecule has 0 fully saturated rings. The molecule has 0 saturated carbocycles. The third-order valence-corrected chi connectivity index (χ3v) is 4.17. The molecule has 108 valence electrons. The van der Waals surface area contributed by atoms with Crippen LogP contribution < -0.4 is 0 Å². The first-order valence-electron chi connectivity index (χ1n) is 6.46. The Kier molecular flexibility index (Phi) is 8.99. The van der Waals surface area contributed by atoms with Crippen LogP contribution in [0.25, 0.3) is 0 Å². The molecule has 2 N–H and O–H groups in total. The van der Waals surface area contributed by atoms with Gasteiger partial charge in [-0.2, -0.15) is 0 Å². The predicted molar refractivity (Wildman–Crippen MR) is 74.4 cm³/mol. The van der Waals surface area contributed by atoms with E-state index in [1.807, 2.05) is 0 Å². The third-order valence-electron chi connectivity index (χ3n) is 2.47. The fraction of sp³-hybridized carbons (Fsp3) is 0.909. The molecule has 5 nitrogen and oxygen atoms in total. The van der Waals surface area contributed by atoms with Crippen LogP contribution in [0.3, 0.4) is 0 Å². The first kappa shape index (κ1) is 18.0. The summed E-state index contributed by atoms with van der Waals surface area (Å²) in [7, 11) is -5.35. The average molecular weight is 296 g/mol. The molecule has 7 heteroatoms. The number of rotatable bonds is 10. The summed E-state index contributed by atoms with van der Waals surface area (Å²) in [5.74, 6) is -0.376. The van der Waals surface area contributed by atoms with Crippen molar-refractivity contribution in [3.8, 4) is 0 Å². The first-order valence-corrected chi connectivity index (χ1v) is 11.0. The van der Waals surface area contributed by atoms with E-state index < -0.39 is 22.8 Å². The topological polar surface area (TPSA) is 83.8 Å². The maximum absolute atomic E-state index is 11.4. The third kappa shape index (κ3) is 11.1. The summed E-state index contributed by atoms with van der Waals surface area (Å²) in [6, 6.07) is 0. The maximum atomic E-state index is 11.4. The number of ketones is 1. The van der Waals surface area contributed by atoms with Crippen LogP contribution in [0.1, 0.15) is 39.0 Å². The number of carbonyl (C=O) groups excluding carboxylic acids is 1. The van der Waals surface area contributed by atoms with E-state index in [9.17, 15) is 9.36 Å². The second kappa shape index (κ2) is 8.99. The van der Waals surface area contributed by atoms with E-state index in [0.717, 1.165) is 19.3 Å². The van der Waals surface area contributed by atoms with Gasteiger partial charge in [-0.15, -0.1) is 0 Å². The van der Waals surface area contributed by atoms with E-state index in [4.69, 9.17) is 14.2 Å². The number of hydrogen-bond acceptors (Lipinski definition) is 3. The van der Waals surface area contributed by atoms with Gasteiger partial charge in [0.05, 0.1) is 0 Å². The van der Waals surface area contributed by atoms with Crippen molar-refractivity contribution in [1.82, 2.24) is 0 Å². The molecule has 0 aromatic rings. The molecule has 0 heterocycles. The SMILES string of the molecule is CCCCC(CCC(=O)CP(=O)(O)O)O[SiH](C)C. The molecule has 18 heavy (non-hydrogen) atoms. The molecule has 0 spiro atoms. The minimum absolute atomic E-state index is 0.0670. The number of Topliss-reactive ketones (excluding diaryl/α,β-unsaturated/α-hetero) is 1. The van der Waals surface area contributed by atoms with Crippen LogP contribution in [0, 0.1) is 0 Å². The van der Waals surface area contributed by atoms with Gasteiger partial charge in [0, 0.05) is 12.5 Å². The molecule has 0 aromatic heterocycles. The molecular formula is C11H25O5PSi. The second-order valence-corrected chi connectivity index (χ2v) is 8.86. The molecule has 0 radical (unpaired) electrons. The van der Waals surface area contributed by atoms with E-state index >= 15 is 0 Å². The van der Waals surface area contributed by atoms with Crippen molar-refractivity contribution in [3.05, 3.63) is 0 Å².